The summed E-state index contributed by atoms with van der Waals surface area (Å²) >= 11 is 6.01. The van der Waals surface area contributed by atoms with E-state index in [1.165, 1.54) is 39.3 Å². The van der Waals surface area contributed by atoms with Crippen LogP contribution in [-0.2, 0) is 0 Å². The summed E-state index contributed by atoms with van der Waals surface area (Å²) in [7, 11) is 0. The Kier molecular flexibility index (Phi) is 3.52. The molecule has 2 N–H and O–H groups in total. The van der Waals surface area contributed by atoms with Gasteiger partial charge in [0, 0.05) is 14.1 Å². The van der Waals surface area contributed by atoms with Gasteiger partial charge in [-0.2, -0.15) is 0 Å². The van der Waals surface area contributed by atoms with E-state index in [2.05, 4.69) is 56.7 Å². The lowest BCUT2D eigenvalue weighted by Crippen LogP contribution is -2.26. The SMILES string of the molecule is NC(c1cc(I)ccc1Br)C1CC2CCC1C2. The molecule has 0 aliphatic heterocycles. The smallest absolute Gasteiger partial charge is 0.0337 e. The van der Waals surface area contributed by atoms with E-state index in [0.29, 0.717) is 5.92 Å². The molecule has 4 atom stereocenters. The third-order valence-electron chi connectivity index (χ3n) is 4.57. The van der Waals surface area contributed by atoms with Crippen molar-refractivity contribution in [1.29, 1.82) is 0 Å². The third kappa shape index (κ3) is 2.30. The Balaban J connectivity index is 1.86. The van der Waals surface area contributed by atoms with Crippen LogP contribution in [-0.4, -0.2) is 0 Å². The number of benzene rings is 1. The minimum absolute atomic E-state index is 0.217. The zero-order valence-corrected chi connectivity index (χ0v) is 13.4. The first-order chi connectivity index (χ1) is 8.15. The van der Waals surface area contributed by atoms with Crippen molar-refractivity contribution in [2.45, 2.75) is 31.7 Å². The molecule has 2 aliphatic carbocycles. The molecule has 0 radical (unpaired) electrons. The Bertz CT molecular complexity index is 434. The fourth-order valence-corrected chi connectivity index (χ4v) is 4.76. The van der Waals surface area contributed by atoms with Crippen LogP contribution >= 0.6 is 38.5 Å². The van der Waals surface area contributed by atoms with E-state index in [9.17, 15) is 0 Å². The lowest BCUT2D eigenvalue weighted by atomic mass is 9.81. The summed E-state index contributed by atoms with van der Waals surface area (Å²) in [5, 5.41) is 0. The number of fused-ring (bicyclic) bond motifs is 2. The van der Waals surface area contributed by atoms with Crippen molar-refractivity contribution in [2.24, 2.45) is 23.5 Å². The first-order valence-corrected chi connectivity index (χ1v) is 8.23. The number of halogens is 2. The monoisotopic (exact) mass is 405 g/mol. The zero-order valence-electron chi connectivity index (χ0n) is 9.70. The van der Waals surface area contributed by atoms with E-state index in [1.54, 1.807) is 0 Å². The standard InChI is InChI=1S/C14H17BrIN/c15-13-4-3-10(16)7-12(13)14(17)11-6-8-1-2-9(11)5-8/h3-4,7-9,11,14H,1-2,5-6,17H2. The van der Waals surface area contributed by atoms with E-state index >= 15 is 0 Å². The number of rotatable bonds is 2. The van der Waals surface area contributed by atoms with Gasteiger partial charge in [0.25, 0.3) is 0 Å². The van der Waals surface area contributed by atoms with E-state index in [1.807, 2.05) is 0 Å². The van der Waals surface area contributed by atoms with Gasteiger partial charge in [-0.25, -0.2) is 0 Å². The van der Waals surface area contributed by atoms with Crippen LogP contribution in [0.1, 0.15) is 37.3 Å². The molecule has 2 bridgehead atoms. The molecule has 1 aromatic carbocycles. The van der Waals surface area contributed by atoms with Crippen LogP contribution in [0.3, 0.4) is 0 Å². The van der Waals surface area contributed by atoms with Gasteiger partial charge in [-0.15, -0.1) is 0 Å². The van der Waals surface area contributed by atoms with Gasteiger partial charge in [0.1, 0.15) is 0 Å². The fourth-order valence-electron chi connectivity index (χ4n) is 3.73. The predicted molar refractivity (Wildman–Crippen MR) is 82.7 cm³/mol. The fraction of sp³-hybridized carbons (Fsp3) is 0.571. The van der Waals surface area contributed by atoms with E-state index in [4.69, 9.17) is 5.73 Å². The van der Waals surface area contributed by atoms with E-state index in [-0.39, 0.29) is 6.04 Å². The average molecular weight is 406 g/mol. The van der Waals surface area contributed by atoms with Gasteiger partial charge < -0.3 is 5.73 Å². The van der Waals surface area contributed by atoms with Gasteiger partial charge in [-0.05, 0) is 83.4 Å². The molecule has 4 unspecified atom stereocenters. The number of hydrogen-bond acceptors (Lipinski definition) is 1. The second-order valence-corrected chi connectivity index (χ2v) is 7.63. The molecule has 3 rings (SSSR count). The summed E-state index contributed by atoms with van der Waals surface area (Å²) in [5.74, 6) is 2.57. The largest absolute Gasteiger partial charge is 0.324 e. The summed E-state index contributed by atoms with van der Waals surface area (Å²) in [6.07, 6.45) is 5.63. The quantitative estimate of drug-likeness (QED) is 0.720. The van der Waals surface area contributed by atoms with Crippen LogP contribution < -0.4 is 5.73 Å². The highest BCUT2D eigenvalue weighted by Crippen LogP contribution is 2.52. The highest BCUT2D eigenvalue weighted by molar-refractivity contribution is 14.1. The Hall–Kier alpha value is 0.390. The predicted octanol–water partition coefficient (Wildman–Crippen LogP) is 4.49. The first-order valence-electron chi connectivity index (χ1n) is 6.35. The number of nitrogens with two attached hydrogens (primary N) is 1. The van der Waals surface area contributed by atoms with Crippen LogP contribution in [0.5, 0.6) is 0 Å². The maximum Gasteiger partial charge on any atom is 0.0337 e. The Labute approximate surface area is 125 Å². The molecule has 0 aromatic heterocycles. The van der Waals surface area contributed by atoms with E-state index in [0.717, 1.165) is 11.8 Å². The highest BCUT2D eigenvalue weighted by Gasteiger charge is 2.42. The molecular weight excluding hydrogens is 389 g/mol. The summed E-state index contributed by atoms with van der Waals surface area (Å²) in [4.78, 5) is 0. The molecule has 1 aromatic rings. The van der Waals surface area contributed by atoms with Crippen molar-refractivity contribution < 1.29 is 0 Å². The molecular formula is C14H17BrIN. The Morgan fingerprint density at radius 1 is 1.29 bits per heavy atom. The van der Waals surface area contributed by atoms with Gasteiger partial charge in [0.2, 0.25) is 0 Å². The van der Waals surface area contributed by atoms with Crippen molar-refractivity contribution in [3.05, 3.63) is 31.8 Å². The Morgan fingerprint density at radius 3 is 2.76 bits per heavy atom. The maximum atomic E-state index is 6.52. The van der Waals surface area contributed by atoms with Crippen LogP contribution in [0.2, 0.25) is 0 Å². The van der Waals surface area contributed by atoms with Gasteiger partial charge in [0.15, 0.2) is 0 Å². The summed E-state index contributed by atoms with van der Waals surface area (Å²) in [5.41, 5.74) is 7.82. The van der Waals surface area contributed by atoms with E-state index < -0.39 is 0 Å². The molecule has 2 fully saturated rings. The lowest BCUT2D eigenvalue weighted by molar-refractivity contribution is 0.284. The molecule has 92 valence electrons. The normalized spacial score (nSPS) is 33.0. The lowest BCUT2D eigenvalue weighted by Gasteiger charge is -2.28. The molecule has 17 heavy (non-hydrogen) atoms. The molecule has 1 nitrogen and oxygen atoms in total. The number of hydrogen-bond donors (Lipinski definition) is 1. The van der Waals surface area contributed by atoms with Crippen molar-refractivity contribution in [3.63, 3.8) is 0 Å². The topological polar surface area (TPSA) is 26.0 Å². The van der Waals surface area contributed by atoms with Crippen molar-refractivity contribution >= 4 is 38.5 Å². The van der Waals surface area contributed by atoms with Crippen LogP contribution in [0, 0.1) is 21.3 Å². The zero-order chi connectivity index (χ0) is 12.0. The van der Waals surface area contributed by atoms with Crippen LogP contribution in [0.4, 0.5) is 0 Å². The second kappa shape index (κ2) is 4.82. The molecule has 2 aliphatic rings. The van der Waals surface area contributed by atoms with Gasteiger partial charge in [-0.1, -0.05) is 22.4 Å². The molecule has 3 heteroatoms. The molecule has 0 heterocycles. The van der Waals surface area contributed by atoms with Crippen molar-refractivity contribution in [3.8, 4) is 0 Å². The maximum absolute atomic E-state index is 6.52. The second-order valence-electron chi connectivity index (χ2n) is 5.53. The average Bonchev–Trinajstić information content (AvgIpc) is 2.93. The molecule has 2 saturated carbocycles. The molecule has 0 amide bonds. The summed E-state index contributed by atoms with van der Waals surface area (Å²) in [6, 6.07) is 6.71. The summed E-state index contributed by atoms with van der Waals surface area (Å²) < 4.78 is 2.45. The van der Waals surface area contributed by atoms with Gasteiger partial charge in [0.05, 0.1) is 0 Å². The van der Waals surface area contributed by atoms with Gasteiger partial charge >= 0.3 is 0 Å². The Morgan fingerprint density at radius 2 is 2.12 bits per heavy atom. The minimum Gasteiger partial charge on any atom is -0.324 e. The molecule has 0 saturated heterocycles. The van der Waals surface area contributed by atoms with Crippen LogP contribution in [0.15, 0.2) is 22.7 Å². The summed E-state index contributed by atoms with van der Waals surface area (Å²) in [6.45, 7) is 0. The van der Waals surface area contributed by atoms with Crippen molar-refractivity contribution in [1.82, 2.24) is 0 Å². The minimum atomic E-state index is 0.217. The first kappa shape index (κ1) is 12.4. The van der Waals surface area contributed by atoms with Crippen LogP contribution in [0.25, 0.3) is 0 Å². The van der Waals surface area contributed by atoms with Crippen molar-refractivity contribution in [2.75, 3.05) is 0 Å². The highest BCUT2D eigenvalue weighted by atomic mass is 127. The van der Waals surface area contributed by atoms with Gasteiger partial charge in [-0.3, -0.25) is 0 Å². The third-order valence-corrected chi connectivity index (χ3v) is 5.96. The molecule has 0 spiro atoms.